The van der Waals surface area contributed by atoms with Crippen LogP contribution in [-0.2, 0) is 7.05 Å². The molecule has 0 aliphatic carbocycles. The largest absolute Gasteiger partial charge is 0.244 e. The number of thioether (sulfide) groups is 1. The predicted molar refractivity (Wildman–Crippen MR) is 42.0 cm³/mol. The zero-order valence-corrected chi connectivity index (χ0v) is 7.06. The van der Waals surface area contributed by atoms with Gasteiger partial charge in [-0.3, -0.25) is 0 Å². The van der Waals surface area contributed by atoms with Crippen molar-refractivity contribution in [3.8, 4) is 0 Å². The molecule has 0 saturated carbocycles. The van der Waals surface area contributed by atoms with E-state index in [4.69, 9.17) is 0 Å². The molecule has 0 aliphatic heterocycles. The summed E-state index contributed by atoms with van der Waals surface area (Å²) in [5.74, 6) is 1.12. The molecule has 1 aromatic heterocycles. The van der Waals surface area contributed by atoms with Crippen LogP contribution in [0.2, 0.25) is 0 Å². The van der Waals surface area contributed by atoms with Gasteiger partial charge in [-0.25, -0.2) is 9.67 Å². The summed E-state index contributed by atoms with van der Waals surface area (Å²) in [6.45, 7) is 2.16. The molecule has 56 valence electrons. The van der Waals surface area contributed by atoms with Crippen LogP contribution in [-0.4, -0.2) is 20.5 Å². The molecule has 0 atom stereocenters. The van der Waals surface area contributed by atoms with Gasteiger partial charge in [0, 0.05) is 12.8 Å². The summed E-state index contributed by atoms with van der Waals surface area (Å²) in [6, 6.07) is 0. The van der Waals surface area contributed by atoms with E-state index in [2.05, 4.69) is 17.0 Å². The first-order valence-electron chi connectivity index (χ1n) is 3.31. The molecule has 10 heavy (non-hydrogen) atoms. The van der Waals surface area contributed by atoms with Crippen LogP contribution < -0.4 is 0 Å². The van der Waals surface area contributed by atoms with E-state index in [1.54, 1.807) is 22.8 Å². The lowest BCUT2D eigenvalue weighted by atomic mass is 10.6. The third-order valence-electron chi connectivity index (χ3n) is 1.11. The first-order chi connectivity index (χ1) is 4.84. The lowest BCUT2D eigenvalue weighted by Gasteiger charge is -1.95. The van der Waals surface area contributed by atoms with Gasteiger partial charge in [0.1, 0.15) is 6.33 Å². The van der Waals surface area contributed by atoms with E-state index in [-0.39, 0.29) is 0 Å². The fourth-order valence-electron chi connectivity index (χ4n) is 0.610. The summed E-state index contributed by atoms with van der Waals surface area (Å²) in [4.78, 5) is 4.07. The molecule has 3 nitrogen and oxygen atoms in total. The Kier molecular flexibility index (Phi) is 2.74. The molecule has 0 unspecified atom stereocenters. The van der Waals surface area contributed by atoms with Crippen molar-refractivity contribution in [2.75, 3.05) is 5.75 Å². The molecule has 0 bridgehead atoms. The van der Waals surface area contributed by atoms with Gasteiger partial charge in [-0.1, -0.05) is 18.7 Å². The smallest absolute Gasteiger partial charge is 0.185 e. The van der Waals surface area contributed by atoms with Crippen LogP contribution in [0.3, 0.4) is 0 Å². The second kappa shape index (κ2) is 3.61. The van der Waals surface area contributed by atoms with Crippen LogP contribution in [0.5, 0.6) is 0 Å². The van der Waals surface area contributed by atoms with Crippen molar-refractivity contribution >= 4 is 11.8 Å². The molecule has 4 heteroatoms. The van der Waals surface area contributed by atoms with Gasteiger partial charge >= 0.3 is 0 Å². The van der Waals surface area contributed by atoms with Crippen LogP contribution in [0, 0.1) is 0 Å². The number of aromatic nitrogens is 3. The molecule has 1 aromatic rings. The van der Waals surface area contributed by atoms with Crippen molar-refractivity contribution in [3.05, 3.63) is 6.33 Å². The van der Waals surface area contributed by atoms with E-state index in [0.29, 0.717) is 0 Å². The zero-order valence-electron chi connectivity index (χ0n) is 6.24. The molecule has 1 rings (SSSR count). The van der Waals surface area contributed by atoms with Gasteiger partial charge in [0.05, 0.1) is 0 Å². The third kappa shape index (κ3) is 1.73. The Morgan fingerprint density at radius 1 is 1.70 bits per heavy atom. The molecule has 1 heterocycles. The average Bonchev–Trinajstić information content (AvgIpc) is 2.31. The molecule has 0 N–H and O–H groups in total. The molecule has 0 aromatic carbocycles. The Bertz CT molecular complexity index is 197. The minimum atomic E-state index is 1.00. The average molecular weight is 157 g/mol. The Balaban J connectivity index is 2.49. The predicted octanol–water partition coefficient (Wildman–Crippen LogP) is 1.32. The molecule has 0 amide bonds. The molecule has 0 aliphatic rings. The third-order valence-corrected chi connectivity index (χ3v) is 2.35. The second-order valence-corrected chi connectivity index (χ2v) is 3.08. The number of rotatable bonds is 3. The van der Waals surface area contributed by atoms with E-state index >= 15 is 0 Å². The van der Waals surface area contributed by atoms with E-state index in [0.717, 1.165) is 10.9 Å². The summed E-state index contributed by atoms with van der Waals surface area (Å²) in [5, 5.41) is 4.96. The number of aryl methyl sites for hydroxylation is 1. The lowest BCUT2D eigenvalue weighted by Crippen LogP contribution is -1.92. The first kappa shape index (κ1) is 7.60. The molecule has 0 radical (unpaired) electrons. The van der Waals surface area contributed by atoms with E-state index in [9.17, 15) is 0 Å². The van der Waals surface area contributed by atoms with Crippen molar-refractivity contribution in [1.29, 1.82) is 0 Å². The quantitative estimate of drug-likeness (QED) is 0.620. The fraction of sp³-hybridized carbons (Fsp3) is 0.667. The Morgan fingerprint density at radius 3 is 3.00 bits per heavy atom. The Labute approximate surface area is 64.8 Å². The number of hydrogen-bond donors (Lipinski definition) is 0. The standard InChI is InChI=1S/C6H11N3S/c1-3-4-10-6-7-5-8-9(6)2/h5H,3-4H2,1-2H3. The van der Waals surface area contributed by atoms with Crippen molar-refractivity contribution in [2.45, 2.75) is 18.5 Å². The maximum Gasteiger partial charge on any atom is 0.185 e. The van der Waals surface area contributed by atoms with Gasteiger partial charge in [0.25, 0.3) is 0 Å². The van der Waals surface area contributed by atoms with Crippen LogP contribution in [0.25, 0.3) is 0 Å². The van der Waals surface area contributed by atoms with Gasteiger partial charge < -0.3 is 0 Å². The zero-order chi connectivity index (χ0) is 7.40. The highest BCUT2D eigenvalue weighted by Gasteiger charge is 1.97. The monoisotopic (exact) mass is 157 g/mol. The molecule has 0 fully saturated rings. The van der Waals surface area contributed by atoms with Crippen LogP contribution in [0.1, 0.15) is 13.3 Å². The van der Waals surface area contributed by atoms with E-state index in [1.165, 1.54) is 6.42 Å². The van der Waals surface area contributed by atoms with Gasteiger partial charge in [-0.2, -0.15) is 5.10 Å². The van der Waals surface area contributed by atoms with Gasteiger partial charge in [0.2, 0.25) is 0 Å². The molecular weight excluding hydrogens is 146 g/mol. The lowest BCUT2D eigenvalue weighted by molar-refractivity contribution is 0.685. The van der Waals surface area contributed by atoms with Gasteiger partial charge in [-0.15, -0.1) is 0 Å². The highest BCUT2D eigenvalue weighted by molar-refractivity contribution is 7.99. The fourth-order valence-corrected chi connectivity index (χ4v) is 1.35. The van der Waals surface area contributed by atoms with E-state index in [1.807, 2.05) is 7.05 Å². The minimum absolute atomic E-state index is 1.00. The topological polar surface area (TPSA) is 30.7 Å². The van der Waals surface area contributed by atoms with Gasteiger partial charge in [0.15, 0.2) is 5.16 Å². The van der Waals surface area contributed by atoms with Crippen molar-refractivity contribution in [1.82, 2.24) is 14.8 Å². The highest BCUT2D eigenvalue weighted by Crippen LogP contribution is 2.13. The summed E-state index contributed by atoms with van der Waals surface area (Å²) >= 11 is 1.74. The summed E-state index contributed by atoms with van der Waals surface area (Å²) in [5.41, 5.74) is 0. The molecular formula is C6H11N3S. The summed E-state index contributed by atoms with van der Waals surface area (Å²) in [7, 11) is 1.91. The van der Waals surface area contributed by atoms with Crippen LogP contribution >= 0.6 is 11.8 Å². The number of hydrogen-bond acceptors (Lipinski definition) is 3. The highest BCUT2D eigenvalue weighted by atomic mass is 32.2. The maximum absolute atomic E-state index is 4.07. The van der Waals surface area contributed by atoms with Crippen molar-refractivity contribution in [3.63, 3.8) is 0 Å². The summed E-state index contributed by atoms with van der Waals surface area (Å²) < 4.78 is 1.79. The second-order valence-electron chi connectivity index (χ2n) is 2.01. The minimum Gasteiger partial charge on any atom is -0.244 e. The van der Waals surface area contributed by atoms with Crippen LogP contribution in [0.4, 0.5) is 0 Å². The first-order valence-corrected chi connectivity index (χ1v) is 4.30. The van der Waals surface area contributed by atoms with Crippen molar-refractivity contribution < 1.29 is 0 Å². The maximum atomic E-state index is 4.07. The SMILES string of the molecule is CCCSc1ncnn1C. The Morgan fingerprint density at radius 2 is 2.50 bits per heavy atom. The van der Waals surface area contributed by atoms with Crippen molar-refractivity contribution in [2.24, 2.45) is 7.05 Å². The van der Waals surface area contributed by atoms with Gasteiger partial charge in [-0.05, 0) is 6.42 Å². The number of nitrogens with zero attached hydrogens (tertiary/aromatic N) is 3. The summed E-state index contributed by atoms with van der Waals surface area (Å²) in [6.07, 6.45) is 2.76. The van der Waals surface area contributed by atoms with E-state index < -0.39 is 0 Å². The van der Waals surface area contributed by atoms with Crippen LogP contribution in [0.15, 0.2) is 11.5 Å². The molecule has 0 saturated heterocycles. The normalized spacial score (nSPS) is 10.2. The molecule has 0 spiro atoms. The Hall–Kier alpha value is -0.510.